The molecular weight excluding hydrogens is 304 g/mol. The van der Waals surface area contributed by atoms with Crippen LogP contribution in [-0.2, 0) is 0 Å². The quantitative estimate of drug-likeness (QED) is 0.768. The van der Waals surface area contributed by atoms with Crippen LogP contribution in [0.3, 0.4) is 0 Å². The number of unbranched alkanes of at least 4 members (excludes halogenated alkanes) is 1. The normalized spacial score (nSPS) is 12.5. The third-order valence-electron chi connectivity index (χ3n) is 3.38. The Hall–Kier alpha value is -0.580. The number of rotatable bonds is 8. The van der Waals surface area contributed by atoms with E-state index in [9.17, 15) is 5.11 Å². The summed E-state index contributed by atoms with van der Waals surface area (Å²) in [5.74, 6) is 0. The Bertz CT molecular complexity index is 384. The highest BCUT2D eigenvalue weighted by molar-refractivity contribution is 9.10. The number of hydrogen-bond donors (Lipinski definition) is 2. The van der Waals surface area contributed by atoms with Crippen molar-refractivity contribution < 1.29 is 5.11 Å². The molecule has 1 rings (SSSR count). The minimum atomic E-state index is 0.188. The molecule has 0 bridgehead atoms. The molecule has 0 aliphatic rings. The largest absolute Gasteiger partial charge is 0.395 e. The minimum Gasteiger partial charge on any atom is -0.395 e. The number of hydrogen-bond acceptors (Lipinski definition) is 3. The molecule has 1 atom stereocenters. The molecule has 1 aromatic rings. The highest BCUT2D eigenvalue weighted by Gasteiger charge is 2.14. The molecule has 0 saturated carbocycles. The summed E-state index contributed by atoms with van der Waals surface area (Å²) in [6.45, 7) is 6.21. The smallest absolute Gasteiger partial charge is 0.0606 e. The van der Waals surface area contributed by atoms with Crippen molar-refractivity contribution in [2.24, 2.45) is 0 Å². The van der Waals surface area contributed by atoms with Crippen LogP contribution in [0.1, 0.15) is 38.3 Å². The zero-order valence-corrected chi connectivity index (χ0v) is 13.7. The van der Waals surface area contributed by atoms with E-state index in [4.69, 9.17) is 0 Å². The summed E-state index contributed by atoms with van der Waals surface area (Å²) in [7, 11) is 1.97. The predicted octanol–water partition coefficient (Wildman–Crippen LogP) is 3.33. The topological polar surface area (TPSA) is 35.5 Å². The fourth-order valence-electron chi connectivity index (χ4n) is 2.14. The highest BCUT2D eigenvalue weighted by atomic mass is 79.9. The van der Waals surface area contributed by atoms with E-state index in [0.29, 0.717) is 6.54 Å². The van der Waals surface area contributed by atoms with Crippen molar-refractivity contribution in [1.82, 2.24) is 5.32 Å². The number of nitrogens with one attached hydrogen (secondary N) is 1. The lowest BCUT2D eigenvalue weighted by atomic mass is 10.0. The number of aliphatic hydroxyl groups excluding tert-OH is 1. The summed E-state index contributed by atoms with van der Waals surface area (Å²) in [5, 5.41) is 12.6. The molecule has 0 aromatic heterocycles. The van der Waals surface area contributed by atoms with Gasteiger partial charge < -0.3 is 15.3 Å². The van der Waals surface area contributed by atoms with Crippen LogP contribution < -0.4 is 10.2 Å². The van der Waals surface area contributed by atoms with Gasteiger partial charge in [-0.2, -0.15) is 0 Å². The zero-order chi connectivity index (χ0) is 14.3. The van der Waals surface area contributed by atoms with Crippen LogP contribution in [0.15, 0.2) is 22.7 Å². The summed E-state index contributed by atoms with van der Waals surface area (Å²) >= 11 is 3.54. The van der Waals surface area contributed by atoms with Gasteiger partial charge in [-0.15, -0.1) is 0 Å². The lowest BCUT2D eigenvalue weighted by Crippen LogP contribution is -2.29. The third kappa shape index (κ3) is 4.79. The average Bonchev–Trinajstić information content (AvgIpc) is 2.42. The standard InChI is InChI=1S/C15H25BrN2O/c1-4-5-8-18(9-10-19)15-7-6-13(16)11-14(15)12(2)17-3/h6-7,11-12,17,19H,4-5,8-10H2,1-3H3. The molecule has 3 nitrogen and oxygen atoms in total. The summed E-state index contributed by atoms with van der Waals surface area (Å²) in [6, 6.07) is 6.65. The summed E-state index contributed by atoms with van der Waals surface area (Å²) in [4.78, 5) is 2.28. The number of anilines is 1. The van der Waals surface area contributed by atoms with Crippen LogP contribution in [0.4, 0.5) is 5.69 Å². The zero-order valence-electron chi connectivity index (χ0n) is 12.1. The first-order valence-corrected chi connectivity index (χ1v) is 7.75. The van der Waals surface area contributed by atoms with Gasteiger partial charge in [-0.3, -0.25) is 0 Å². The van der Waals surface area contributed by atoms with Crippen molar-refractivity contribution in [3.8, 4) is 0 Å². The van der Waals surface area contributed by atoms with Gasteiger partial charge in [0.1, 0.15) is 0 Å². The van der Waals surface area contributed by atoms with Gasteiger partial charge in [-0.1, -0.05) is 29.3 Å². The molecule has 0 fully saturated rings. The van der Waals surface area contributed by atoms with Crippen LogP contribution in [0.2, 0.25) is 0 Å². The Morgan fingerprint density at radius 1 is 1.37 bits per heavy atom. The van der Waals surface area contributed by atoms with Crippen molar-refractivity contribution in [2.75, 3.05) is 31.6 Å². The van der Waals surface area contributed by atoms with Crippen LogP contribution >= 0.6 is 15.9 Å². The maximum absolute atomic E-state index is 9.27. The highest BCUT2D eigenvalue weighted by Crippen LogP contribution is 2.29. The molecule has 0 amide bonds. The first-order valence-electron chi connectivity index (χ1n) is 6.96. The monoisotopic (exact) mass is 328 g/mol. The van der Waals surface area contributed by atoms with E-state index in [1.54, 1.807) is 0 Å². The van der Waals surface area contributed by atoms with Gasteiger partial charge in [0.25, 0.3) is 0 Å². The second kappa shape index (κ2) is 8.56. The molecule has 4 heteroatoms. The van der Waals surface area contributed by atoms with Crippen molar-refractivity contribution in [1.29, 1.82) is 0 Å². The maximum atomic E-state index is 9.27. The molecule has 19 heavy (non-hydrogen) atoms. The second-order valence-corrected chi connectivity index (χ2v) is 5.69. The molecule has 2 N–H and O–H groups in total. The van der Waals surface area contributed by atoms with Crippen molar-refractivity contribution in [2.45, 2.75) is 32.7 Å². The molecular formula is C15H25BrN2O. The second-order valence-electron chi connectivity index (χ2n) is 4.78. The molecule has 1 aromatic carbocycles. The van der Waals surface area contributed by atoms with E-state index in [0.717, 1.165) is 23.9 Å². The predicted molar refractivity (Wildman–Crippen MR) is 85.8 cm³/mol. The fourth-order valence-corrected chi connectivity index (χ4v) is 2.52. The SMILES string of the molecule is CCCCN(CCO)c1ccc(Br)cc1C(C)NC. The van der Waals surface area contributed by atoms with Crippen molar-refractivity contribution in [3.63, 3.8) is 0 Å². The number of nitrogens with zero attached hydrogens (tertiary/aromatic N) is 1. The van der Waals surface area contributed by atoms with Crippen molar-refractivity contribution >= 4 is 21.6 Å². The molecule has 1 unspecified atom stereocenters. The van der Waals surface area contributed by atoms with Gasteiger partial charge >= 0.3 is 0 Å². The molecule has 0 radical (unpaired) electrons. The number of halogens is 1. The molecule has 0 spiro atoms. The maximum Gasteiger partial charge on any atom is 0.0606 e. The van der Waals surface area contributed by atoms with E-state index in [1.807, 2.05) is 7.05 Å². The van der Waals surface area contributed by atoms with Crippen LogP contribution in [-0.4, -0.2) is 31.9 Å². The molecule has 108 valence electrons. The van der Waals surface area contributed by atoms with Gasteiger partial charge in [0.15, 0.2) is 0 Å². The van der Waals surface area contributed by atoms with E-state index in [1.165, 1.54) is 11.3 Å². The Morgan fingerprint density at radius 3 is 2.68 bits per heavy atom. The number of aliphatic hydroxyl groups is 1. The molecule has 0 heterocycles. The molecule has 0 aliphatic carbocycles. The molecule has 0 aliphatic heterocycles. The Morgan fingerprint density at radius 2 is 2.11 bits per heavy atom. The summed E-state index contributed by atoms with van der Waals surface area (Å²) in [5.41, 5.74) is 2.48. The number of benzene rings is 1. The van der Waals surface area contributed by atoms with Gasteiger partial charge in [0.05, 0.1) is 6.61 Å². The Labute approximate surface area is 125 Å². The third-order valence-corrected chi connectivity index (χ3v) is 3.87. The first kappa shape index (κ1) is 16.5. The van der Waals surface area contributed by atoms with Crippen LogP contribution in [0.5, 0.6) is 0 Å². The van der Waals surface area contributed by atoms with Gasteiger partial charge in [0, 0.05) is 29.3 Å². The van der Waals surface area contributed by atoms with E-state index in [-0.39, 0.29) is 12.6 Å². The lowest BCUT2D eigenvalue weighted by Gasteiger charge is -2.28. The Kier molecular flexibility index (Phi) is 7.42. The van der Waals surface area contributed by atoms with Crippen LogP contribution in [0.25, 0.3) is 0 Å². The summed E-state index contributed by atoms with van der Waals surface area (Å²) < 4.78 is 1.09. The lowest BCUT2D eigenvalue weighted by molar-refractivity contribution is 0.301. The van der Waals surface area contributed by atoms with Gasteiger partial charge in [0.2, 0.25) is 0 Å². The van der Waals surface area contributed by atoms with Crippen molar-refractivity contribution in [3.05, 3.63) is 28.2 Å². The Balaban J connectivity index is 3.05. The van der Waals surface area contributed by atoms with E-state index >= 15 is 0 Å². The average molecular weight is 329 g/mol. The van der Waals surface area contributed by atoms with E-state index < -0.39 is 0 Å². The summed E-state index contributed by atoms with van der Waals surface area (Å²) in [6.07, 6.45) is 2.30. The van der Waals surface area contributed by atoms with E-state index in [2.05, 4.69) is 58.2 Å². The molecule has 0 saturated heterocycles. The van der Waals surface area contributed by atoms with Crippen LogP contribution in [0, 0.1) is 0 Å². The van der Waals surface area contributed by atoms with Gasteiger partial charge in [-0.25, -0.2) is 0 Å². The fraction of sp³-hybridized carbons (Fsp3) is 0.600. The first-order chi connectivity index (χ1) is 9.13. The minimum absolute atomic E-state index is 0.188. The van der Waals surface area contributed by atoms with Gasteiger partial charge in [-0.05, 0) is 44.2 Å².